The third-order valence-electron chi connectivity index (χ3n) is 4.93. The maximum Gasteiger partial charge on any atom is 0.253 e. The highest BCUT2D eigenvalue weighted by atomic mass is 35.5. The lowest BCUT2D eigenvalue weighted by Crippen LogP contribution is -2.38. The molecule has 6 heteroatoms. The predicted octanol–water partition coefficient (Wildman–Crippen LogP) is 3.85. The number of rotatable bonds is 4. The van der Waals surface area contributed by atoms with E-state index in [1.807, 2.05) is 25.5 Å². The van der Waals surface area contributed by atoms with Crippen molar-refractivity contribution in [2.24, 2.45) is 5.92 Å². The van der Waals surface area contributed by atoms with Gasteiger partial charge in [-0.1, -0.05) is 11.6 Å². The Morgan fingerprint density at radius 2 is 2.08 bits per heavy atom. The summed E-state index contributed by atoms with van der Waals surface area (Å²) in [5, 5.41) is 8.07. The SMILES string of the molecule is [2H]c1c(C)nn(CC2CCC(NC(=O)c3cc(Cl)cnc3C)CC2)c1C. The Hall–Kier alpha value is -1.88. The number of hydrogen-bond donors (Lipinski definition) is 1. The first-order chi connectivity index (χ1) is 12.3. The van der Waals surface area contributed by atoms with Crippen LogP contribution in [-0.2, 0) is 6.54 Å². The van der Waals surface area contributed by atoms with E-state index in [-0.39, 0.29) is 11.9 Å². The Morgan fingerprint density at radius 3 is 2.72 bits per heavy atom. The molecule has 0 bridgehead atoms. The molecule has 1 fully saturated rings. The van der Waals surface area contributed by atoms with Crippen LogP contribution in [0, 0.1) is 26.7 Å². The van der Waals surface area contributed by atoms with Gasteiger partial charge in [-0.3, -0.25) is 14.5 Å². The number of amides is 1. The number of halogens is 1. The molecule has 0 radical (unpaired) electrons. The fourth-order valence-electron chi connectivity index (χ4n) is 3.52. The molecule has 0 spiro atoms. The van der Waals surface area contributed by atoms with E-state index in [9.17, 15) is 4.79 Å². The van der Waals surface area contributed by atoms with Gasteiger partial charge in [-0.25, -0.2) is 0 Å². The average molecular weight is 362 g/mol. The van der Waals surface area contributed by atoms with Crippen LogP contribution in [0.25, 0.3) is 0 Å². The van der Waals surface area contributed by atoms with E-state index < -0.39 is 0 Å². The van der Waals surface area contributed by atoms with Crippen molar-refractivity contribution >= 4 is 17.5 Å². The van der Waals surface area contributed by atoms with E-state index in [0.717, 1.165) is 43.6 Å². The van der Waals surface area contributed by atoms with Gasteiger partial charge in [0.2, 0.25) is 0 Å². The lowest BCUT2D eigenvalue weighted by Gasteiger charge is -2.29. The monoisotopic (exact) mass is 361 g/mol. The van der Waals surface area contributed by atoms with Crippen LogP contribution in [0.1, 0.15) is 54.5 Å². The smallest absolute Gasteiger partial charge is 0.253 e. The van der Waals surface area contributed by atoms with Crippen LogP contribution in [0.15, 0.2) is 18.3 Å². The van der Waals surface area contributed by atoms with E-state index in [2.05, 4.69) is 15.4 Å². The quantitative estimate of drug-likeness (QED) is 0.899. The average Bonchev–Trinajstić information content (AvgIpc) is 2.85. The number of carbonyl (C=O) groups excluding carboxylic acids is 1. The molecular formula is C19H25ClN4O. The van der Waals surface area contributed by atoms with Crippen LogP contribution in [0.4, 0.5) is 0 Å². The van der Waals surface area contributed by atoms with Crippen molar-refractivity contribution in [3.05, 3.63) is 46.0 Å². The lowest BCUT2D eigenvalue weighted by atomic mass is 9.86. The van der Waals surface area contributed by atoms with Gasteiger partial charge in [-0.2, -0.15) is 5.10 Å². The highest BCUT2D eigenvalue weighted by Gasteiger charge is 2.24. The standard InChI is InChI=1S/C19H25ClN4O/c1-12-8-13(2)24(23-12)11-15-4-6-17(7-5-15)22-19(25)18-9-16(20)10-21-14(18)3/h8-10,15,17H,4-7,11H2,1-3H3,(H,22,25)/i8D. The largest absolute Gasteiger partial charge is 0.349 e. The van der Waals surface area contributed by atoms with Crippen molar-refractivity contribution in [3.63, 3.8) is 0 Å². The second kappa shape index (κ2) is 7.56. The summed E-state index contributed by atoms with van der Waals surface area (Å²) in [7, 11) is 0. The van der Waals surface area contributed by atoms with Crippen LogP contribution in [0.3, 0.4) is 0 Å². The molecule has 0 unspecified atom stereocenters. The summed E-state index contributed by atoms with van der Waals surface area (Å²) in [6.45, 7) is 6.50. The topological polar surface area (TPSA) is 59.8 Å². The molecule has 1 N–H and O–H groups in total. The molecule has 25 heavy (non-hydrogen) atoms. The number of aromatic nitrogens is 3. The zero-order valence-electron chi connectivity index (χ0n) is 16.0. The van der Waals surface area contributed by atoms with Crippen LogP contribution in [0.5, 0.6) is 0 Å². The summed E-state index contributed by atoms with van der Waals surface area (Å²) in [6, 6.07) is 2.40. The predicted molar refractivity (Wildman–Crippen MR) is 98.9 cm³/mol. The molecule has 2 heterocycles. The van der Waals surface area contributed by atoms with Crippen molar-refractivity contribution in [2.45, 2.75) is 59.0 Å². The minimum atomic E-state index is -0.0988. The molecule has 3 rings (SSSR count). The van der Waals surface area contributed by atoms with Crippen LogP contribution in [0.2, 0.25) is 5.02 Å². The third kappa shape index (κ3) is 4.40. The zero-order valence-corrected chi connectivity index (χ0v) is 15.7. The maximum atomic E-state index is 12.5. The maximum absolute atomic E-state index is 12.5. The molecule has 2 aromatic heterocycles. The molecule has 0 aromatic carbocycles. The van der Waals surface area contributed by atoms with Crippen molar-refractivity contribution in [1.29, 1.82) is 0 Å². The fraction of sp³-hybridized carbons (Fsp3) is 0.526. The molecule has 2 aromatic rings. The van der Waals surface area contributed by atoms with E-state index in [1.54, 1.807) is 12.3 Å². The first-order valence-electron chi connectivity index (χ1n) is 9.28. The number of aryl methyl sites for hydroxylation is 2. The normalized spacial score (nSPS) is 21.0. The lowest BCUT2D eigenvalue weighted by molar-refractivity contribution is 0.0919. The third-order valence-corrected chi connectivity index (χ3v) is 5.14. The van der Waals surface area contributed by atoms with Crippen molar-refractivity contribution < 1.29 is 6.17 Å². The van der Waals surface area contributed by atoms with Crippen LogP contribution < -0.4 is 5.32 Å². The second-order valence-electron chi connectivity index (χ2n) is 6.96. The Morgan fingerprint density at radius 1 is 1.36 bits per heavy atom. The van der Waals surface area contributed by atoms with Gasteiger partial charge in [-0.05, 0) is 64.5 Å². The fourth-order valence-corrected chi connectivity index (χ4v) is 3.68. The molecule has 0 atom stereocenters. The summed E-state index contributed by atoms with van der Waals surface area (Å²) in [5.41, 5.74) is 2.96. The molecule has 134 valence electrons. The molecule has 1 amide bonds. The summed E-state index contributed by atoms with van der Waals surface area (Å²) in [6.07, 6.45) is 5.56. The van der Waals surface area contributed by atoms with E-state index in [4.69, 9.17) is 13.0 Å². The zero-order chi connectivity index (χ0) is 18.8. The molecule has 1 saturated carbocycles. The van der Waals surface area contributed by atoms with Gasteiger partial charge in [-0.15, -0.1) is 0 Å². The van der Waals surface area contributed by atoms with Gasteiger partial charge in [0.05, 0.1) is 23.3 Å². The van der Waals surface area contributed by atoms with Gasteiger partial charge in [0.25, 0.3) is 5.91 Å². The van der Waals surface area contributed by atoms with Gasteiger partial charge in [0, 0.05) is 24.5 Å². The van der Waals surface area contributed by atoms with Gasteiger partial charge in [0.1, 0.15) is 0 Å². The van der Waals surface area contributed by atoms with Crippen LogP contribution in [-0.4, -0.2) is 26.7 Å². The molecule has 0 saturated heterocycles. The molecule has 0 aliphatic heterocycles. The molecule has 1 aliphatic rings. The van der Waals surface area contributed by atoms with E-state index in [0.29, 0.717) is 28.2 Å². The van der Waals surface area contributed by atoms with Crippen molar-refractivity contribution in [3.8, 4) is 0 Å². The number of carbonyl (C=O) groups is 1. The Balaban J connectivity index is 1.54. The summed E-state index contributed by atoms with van der Waals surface area (Å²) in [4.78, 5) is 16.6. The Bertz CT molecular complexity index is 812. The minimum absolute atomic E-state index is 0.0988. The Labute approximate surface area is 155 Å². The first-order valence-corrected chi connectivity index (χ1v) is 9.16. The minimum Gasteiger partial charge on any atom is -0.349 e. The summed E-state index contributed by atoms with van der Waals surface area (Å²) in [5.74, 6) is 0.438. The van der Waals surface area contributed by atoms with E-state index in [1.165, 1.54) is 0 Å². The second-order valence-corrected chi connectivity index (χ2v) is 7.39. The van der Waals surface area contributed by atoms with Gasteiger partial charge >= 0.3 is 0 Å². The highest BCUT2D eigenvalue weighted by molar-refractivity contribution is 6.30. The van der Waals surface area contributed by atoms with Gasteiger partial charge in [0.15, 0.2) is 0 Å². The van der Waals surface area contributed by atoms with Crippen molar-refractivity contribution in [2.75, 3.05) is 0 Å². The summed E-state index contributed by atoms with van der Waals surface area (Å²) < 4.78 is 9.92. The number of nitrogens with one attached hydrogen (secondary N) is 1. The highest BCUT2D eigenvalue weighted by Crippen LogP contribution is 2.26. The van der Waals surface area contributed by atoms with Gasteiger partial charge < -0.3 is 5.32 Å². The molecule has 1 aliphatic carbocycles. The van der Waals surface area contributed by atoms with Crippen molar-refractivity contribution in [1.82, 2.24) is 20.1 Å². The molecular weight excluding hydrogens is 336 g/mol. The Kier molecular flexibility index (Phi) is 5.02. The molecule has 5 nitrogen and oxygen atoms in total. The number of pyridine rings is 1. The van der Waals surface area contributed by atoms with E-state index >= 15 is 0 Å². The number of hydrogen-bond acceptors (Lipinski definition) is 3. The van der Waals surface area contributed by atoms with Crippen LogP contribution >= 0.6 is 11.6 Å². The first kappa shape index (κ1) is 16.6. The summed E-state index contributed by atoms with van der Waals surface area (Å²) >= 11 is 5.96. The number of nitrogens with zero attached hydrogens (tertiary/aromatic N) is 3.